The van der Waals surface area contributed by atoms with Crippen molar-refractivity contribution in [1.29, 1.82) is 0 Å². The Hall–Kier alpha value is -1.76. The molecule has 0 saturated carbocycles. The Balaban J connectivity index is 1.43. The average Bonchev–Trinajstić information content (AvgIpc) is 3.27. The first-order valence-corrected chi connectivity index (χ1v) is 17.6. The topological polar surface area (TPSA) is 104 Å². The SMILES string of the molecule is C[C@@H]1OCC2(CCN(c3cnc4c(Br)nn(COCC[Si](C)(C)C)c4n3)CC2)[C@@H]1NC(=O)OC(C)(C)C. The standard InChI is InChI=1S/C25H41BrN6O4Si/c1-17-20(29-23(33)36-24(2,3)4)25(15-35-17)8-10-31(11-9-25)18-14-27-19-21(26)30-32(22(19)28-18)16-34-12-13-37(5,6)7/h14,17,20H,8-13,15-16H2,1-7H3,(H,29,33)/t17-,20+/m0/s1. The van der Waals surface area contributed by atoms with Gasteiger partial charge in [-0.05, 0) is 62.5 Å². The summed E-state index contributed by atoms with van der Waals surface area (Å²) in [5.74, 6) is 0.821. The van der Waals surface area contributed by atoms with Crippen molar-refractivity contribution in [2.45, 2.75) is 90.7 Å². The van der Waals surface area contributed by atoms with E-state index in [4.69, 9.17) is 19.2 Å². The summed E-state index contributed by atoms with van der Waals surface area (Å²) in [6.45, 7) is 17.9. The van der Waals surface area contributed by atoms with E-state index in [0.29, 0.717) is 23.6 Å². The van der Waals surface area contributed by atoms with Crippen molar-refractivity contribution in [3.63, 3.8) is 0 Å². The molecular weight excluding hydrogens is 556 g/mol. The number of carbonyl (C=O) groups is 1. The largest absolute Gasteiger partial charge is 0.444 e. The van der Waals surface area contributed by atoms with E-state index < -0.39 is 13.7 Å². The second-order valence-electron chi connectivity index (χ2n) is 12.5. The van der Waals surface area contributed by atoms with Crippen molar-refractivity contribution in [2.75, 3.05) is 31.2 Å². The monoisotopic (exact) mass is 596 g/mol. The van der Waals surface area contributed by atoms with Gasteiger partial charge in [-0.3, -0.25) is 0 Å². The lowest BCUT2D eigenvalue weighted by Crippen LogP contribution is -2.55. The molecule has 0 aliphatic carbocycles. The van der Waals surface area contributed by atoms with Crippen LogP contribution in [0.25, 0.3) is 11.2 Å². The van der Waals surface area contributed by atoms with Crippen molar-refractivity contribution in [1.82, 2.24) is 25.1 Å². The fourth-order valence-corrected chi connectivity index (χ4v) is 6.22. The van der Waals surface area contributed by atoms with Crippen LogP contribution in [-0.4, -0.2) is 78.0 Å². The summed E-state index contributed by atoms with van der Waals surface area (Å²) in [5, 5.41) is 7.65. The zero-order chi connectivity index (χ0) is 27.0. The zero-order valence-electron chi connectivity index (χ0n) is 23.1. The lowest BCUT2D eigenvalue weighted by Gasteiger charge is -2.42. The number of ether oxygens (including phenoxy) is 3. The number of aromatic nitrogens is 4. The smallest absolute Gasteiger partial charge is 0.407 e. The highest BCUT2D eigenvalue weighted by Gasteiger charge is 2.50. The lowest BCUT2D eigenvalue weighted by molar-refractivity contribution is 0.0434. The van der Waals surface area contributed by atoms with Crippen molar-refractivity contribution in [3.8, 4) is 0 Å². The van der Waals surface area contributed by atoms with Gasteiger partial charge in [0.2, 0.25) is 0 Å². The van der Waals surface area contributed by atoms with Crippen LogP contribution in [-0.2, 0) is 20.9 Å². The summed E-state index contributed by atoms with van der Waals surface area (Å²) in [7, 11) is -1.16. The summed E-state index contributed by atoms with van der Waals surface area (Å²) >= 11 is 3.51. The maximum atomic E-state index is 12.5. The minimum atomic E-state index is -1.16. The van der Waals surface area contributed by atoms with E-state index in [2.05, 4.69) is 55.9 Å². The normalized spacial score (nSPS) is 22.1. The fraction of sp³-hybridized carbons (Fsp3) is 0.760. The number of fused-ring (bicyclic) bond motifs is 1. The van der Waals surface area contributed by atoms with E-state index in [0.717, 1.165) is 49.9 Å². The van der Waals surface area contributed by atoms with Gasteiger partial charge in [0, 0.05) is 33.2 Å². The summed E-state index contributed by atoms with van der Waals surface area (Å²) in [5.41, 5.74) is 0.770. The molecular formula is C25H41BrN6O4Si. The van der Waals surface area contributed by atoms with Gasteiger partial charge in [0.25, 0.3) is 0 Å². The summed E-state index contributed by atoms with van der Waals surface area (Å²) < 4.78 is 19.9. The molecule has 2 aromatic heterocycles. The molecule has 2 aromatic rings. The predicted molar refractivity (Wildman–Crippen MR) is 150 cm³/mol. The van der Waals surface area contributed by atoms with Crippen LogP contribution in [0.5, 0.6) is 0 Å². The number of rotatable bonds is 7. The third-order valence-corrected chi connectivity index (χ3v) is 9.36. The molecule has 0 aromatic carbocycles. The van der Waals surface area contributed by atoms with Crippen LogP contribution in [0, 0.1) is 5.41 Å². The number of halogens is 1. The molecule has 37 heavy (non-hydrogen) atoms. The van der Waals surface area contributed by atoms with Crippen LogP contribution in [0.1, 0.15) is 40.5 Å². The highest BCUT2D eigenvalue weighted by atomic mass is 79.9. The summed E-state index contributed by atoms with van der Waals surface area (Å²) in [4.78, 5) is 24.4. The Morgan fingerprint density at radius 1 is 1.30 bits per heavy atom. The van der Waals surface area contributed by atoms with Crippen molar-refractivity contribution in [3.05, 3.63) is 10.8 Å². The van der Waals surface area contributed by atoms with Crippen molar-refractivity contribution in [2.24, 2.45) is 5.41 Å². The van der Waals surface area contributed by atoms with Gasteiger partial charge in [-0.25, -0.2) is 19.4 Å². The zero-order valence-corrected chi connectivity index (χ0v) is 25.7. The summed E-state index contributed by atoms with van der Waals surface area (Å²) in [6, 6.07) is 1.01. The van der Waals surface area contributed by atoms with E-state index in [1.165, 1.54) is 0 Å². The third-order valence-electron chi connectivity index (χ3n) is 7.12. The number of anilines is 1. The van der Waals surface area contributed by atoms with Gasteiger partial charge in [0.05, 0.1) is 24.9 Å². The van der Waals surface area contributed by atoms with Crippen molar-refractivity contribution < 1.29 is 19.0 Å². The molecule has 2 fully saturated rings. The second kappa shape index (κ2) is 10.8. The number of alkyl carbamates (subject to hydrolysis) is 1. The predicted octanol–water partition coefficient (Wildman–Crippen LogP) is 4.80. The van der Waals surface area contributed by atoms with E-state index in [1.807, 2.05) is 33.9 Å². The number of hydrogen-bond acceptors (Lipinski definition) is 8. The molecule has 2 saturated heterocycles. The Morgan fingerprint density at radius 3 is 2.65 bits per heavy atom. The minimum Gasteiger partial charge on any atom is -0.444 e. The van der Waals surface area contributed by atoms with Gasteiger partial charge in [-0.2, -0.15) is 5.10 Å². The molecule has 4 heterocycles. The molecule has 2 aliphatic heterocycles. The number of carbonyl (C=O) groups excluding carboxylic acids is 1. The third kappa shape index (κ3) is 6.82. The second-order valence-corrected chi connectivity index (χ2v) is 18.9. The van der Waals surface area contributed by atoms with Gasteiger partial charge in [-0.1, -0.05) is 19.6 Å². The van der Waals surface area contributed by atoms with E-state index >= 15 is 0 Å². The number of nitrogens with zero attached hydrogens (tertiary/aromatic N) is 5. The highest BCUT2D eigenvalue weighted by molar-refractivity contribution is 9.10. The maximum Gasteiger partial charge on any atom is 0.407 e. The van der Waals surface area contributed by atoms with Gasteiger partial charge >= 0.3 is 6.09 Å². The van der Waals surface area contributed by atoms with Gasteiger partial charge in [0.1, 0.15) is 23.7 Å². The molecule has 1 spiro atoms. The molecule has 4 rings (SSSR count). The molecule has 10 nitrogen and oxygen atoms in total. The van der Waals surface area contributed by atoms with Crippen molar-refractivity contribution >= 4 is 47.1 Å². The minimum absolute atomic E-state index is 0.0668. The van der Waals surface area contributed by atoms with Gasteiger partial charge in [-0.15, -0.1) is 0 Å². The van der Waals surface area contributed by atoms with Crippen LogP contribution in [0.15, 0.2) is 10.8 Å². The molecule has 0 unspecified atom stereocenters. The van der Waals surface area contributed by atoms with E-state index in [1.54, 1.807) is 4.68 Å². The average molecular weight is 598 g/mol. The Bertz CT molecular complexity index is 1110. The number of hydrogen-bond donors (Lipinski definition) is 1. The van der Waals surface area contributed by atoms with E-state index in [-0.39, 0.29) is 23.7 Å². The Morgan fingerprint density at radius 2 is 2.00 bits per heavy atom. The Labute approximate surface area is 229 Å². The van der Waals surface area contributed by atoms with Crippen LogP contribution in [0.4, 0.5) is 10.6 Å². The number of piperidine rings is 1. The van der Waals surface area contributed by atoms with Gasteiger partial charge < -0.3 is 24.4 Å². The highest BCUT2D eigenvalue weighted by Crippen LogP contribution is 2.43. The summed E-state index contributed by atoms with van der Waals surface area (Å²) in [6.07, 6.45) is 3.11. The molecule has 0 bridgehead atoms. The molecule has 1 amide bonds. The first kappa shape index (κ1) is 28.3. The quantitative estimate of drug-likeness (QED) is 0.359. The number of nitrogens with one attached hydrogen (secondary N) is 1. The maximum absolute atomic E-state index is 12.5. The molecule has 2 atom stereocenters. The Kier molecular flexibility index (Phi) is 8.23. The number of amides is 1. The van der Waals surface area contributed by atoms with E-state index in [9.17, 15) is 4.79 Å². The molecule has 0 radical (unpaired) electrons. The molecule has 1 N–H and O–H groups in total. The molecule has 206 valence electrons. The fourth-order valence-electron chi connectivity index (χ4n) is 4.99. The van der Waals surface area contributed by atoms with Crippen LogP contribution in [0.2, 0.25) is 25.7 Å². The molecule has 2 aliphatic rings. The van der Waals surface area contributed by atoms with Crippen LogP contribution in [0.3, 0.4) is 0 Å². The lowest BCUT2D eigenvalue weighted by atomic mass is 9.73. The first-order valence-electron chi connectivity index (χ1n) is 13.1. The van der Waals surface area contributed by atoms with Gasteiger partial charge in [0.15, 0.2) is 10.3 Å². The molecule has 12 heteroatoms. The van der Waals surface area contributed by atoms with Crippen LogP contribution < -0.4 is 10.2 Å². The first-order chi connectivity index (χ1) is 17.3. The van der Waals surface area contributed by atoms with Crippen LogP contribution >= 0.6 is 15.9 Å².